The van der Waals surface area contributed by atoms with Crippen LogP contribution in [0.15, 0.2) is 97.1 Å². The Morgan fingerprint density at radius 2 is 1.43 bits per heavy atom. The average Bonchev–Trinajstić information content (AvgIpc) is 2.95. The average molecular weight is 515 g/mol. The number of anilines is 2. The summed E-state index contributed by atoms with van der Waals surface area (Å²) in [5.41, 5.74) is 3.07. The van der Waals surface area contributed by atoms with Crippen LogP contribution in [-0.2, 0) is 6.61 Å². The predicted molar refractivity (Wildman–Crippen MR) is 147 cm³/mol. The first-order valence-electron chi connectivity index (χ1n) is 11.6. The van der Waals surface area contributed by atoms with E-state index in [0.29, 0.717) is 45.6 Å². The van der Waals surface area contributed by atoms with Gasteiger partial charge in [0.2, 0.25) is 0 Å². The van der Waals surface area contributed by atoms with Gasteiger partial charge >= 0.3 is 0 Å². The zero-order chi connectivity index (χ0) is 26.4. The predicted octanol–water partition coefficient (Wildman–Crippen LogP) is 6.48. The Morgan fingerprint density at radius 3 is 2.11 bits per heavy atom. The molecule has 0 N–H and O–H groups in total. The molecule has 0 spiro atoms. The number of amides is 2. The van der Waals surface area contributed by atoms with Gasteiger partial charge in [0.25, 0.3) is 11.8 Å². The molecule has 0 aliphatic carbocycles. The van der Waals surface area contributed by atoms with Gasteiger partial charge in [0.05, 0.1) is 18.4 Å². The summed E-state index contributed by atoms with van der Waals surface area (Å²) in [5.74, 6) is 0.367. The van der Waals surface area contributed by atoms with E-state index in [9.17, 15) is 9.59 Å². The zero-order valence-electron chi connectivity index (χ0n) is 20.9. The van der Waals surface area contributed by atoms with Gasteiger partial charge in [0, 0.05) is 42.5 Å². The number of ether oxygens (including phenoxy) is 2. The van der Waals surface area contributed by atoms with Gasteiger partial charge in [-0.05, 0) is 42.0 Å². The third kappa shape index (κ3) is 5.93. The standard InChI is InChI=1S/C30H27ClN2O4/c1-32(29(34)22-12-8-5-9-13-22)24-15-16-25(27(19-24)36-3)30(35)33(2)26-17-14-23(31)18-28(26)37-20-21-10-6-4-7-11-21/h4-19H,20H2,1-3H3. The van der Waals surface area contributed by atoms with Crippen LogP contribution < -0.4 is 19.3 Å². The van der Waals surface area contributed by atoms with Gasteiger partial charge in [0.15, 0.2) is 0 Å². The second-order valence-corrected chi connectivity index (χ2v) is 8.80. The molecule has 37 heavy (non-hydrogen) atoms. The van der Waals surface area contributed by atoms with Gasteiger partial charge in [-0.1, -0.05) is 60.1 Å². The molecule has 7 heteroatoms. The van der Waals surface area contributed by atoms with Gasteiger partial charge in [-0.25, -0.2) is 0 Å². The number of hydrogen-bond acceptors (Lipinski definition) is 4. The minimum absolute atomic E-state index is 0.166. The molecule has 0 unspecified atom stereocenters. The molecule has 6 nitrogen and oxygen atoms in total. The summed E-state index contributed by atoms with van der Waals surface area (Å²) in [6, 6.07) is 28.9. The van der Waals surface area contributed by atoms with E-state index in [0.717, 1.165) is 5.56 Å². The summed E-state index contributed by atoms with van der Waals surface area (Å²) < 4.78 is 11.6. The van der Waals surface area contributed by atoms with Crippen LogP contribution in [-0.4, -0.2) is 33.0 Å². The summed E-state index contributed by atoms with van der Waals surface area (Å²) in [6.07, 6.45) is 0. The monoisotopic (exact) mass is 514 g/mol. The smallest absolute Gasteiger partial charge is 0.261 e. The Bertz CT molecular complexity index is 1390. The molecule has 0 radical (unpaired) electrons. The maximum atomic E-state index is 13.5. The highest BCUT2D eigenvalue weighted by atomic mass is 35.5. The summed E-state index contributed by atoms with van der Waals surface area (Å²) in [7, 11) is 4.84. The van der Waals surface area contributed by atoms with E-state index in [4.69, 9.17) is 21.1 Å². The molecule has 4 aromatic rings. The fourth-order valence-corrected chi connectivity index (χ4v) is 4.03. The lowest BCUT2D eigenvalue weighted by molar-refractivity contribution is 0.0985. The van der Waals surface area contributed by atoms with E-state index in [1.807, 2.05) is 48.5 Å². The van der Waals surface area contributed by atoms with Gasteiger partial charge in [-0.3, -0.25) is 9.59 Å². The molecule has 4 rings (SSSR count). The Labute approximate surface area is 221 Å². The van der Waals surface area contributed by atoms with Crippen LogP contribution in [0, 0.1) is 0 Å². The number of methoxy groups -OCH3 is 1. The van der Waals surface area contributed by atoms with E-state index in [-0.39, 0.29) is 11.8 Å². The quantitative estimate of drug-likeness (QED) is 0.270. The topological polar surface area (TPSA) is 59.1 Å². The van der Waals surface area contributed by atoms with Crippen molar-refractivity contribution in [3.05, 3.63) is 119 Å². The van der Waals surface area contributed by atoms with Gasteiger partial charge in [0.1, 0.15) is 18.1 Å². The number of halogens is 1. The van der Waals surface area contributed by atoms with Crippen LogP contribution >= 0.6 is 11.6 Å². The first-order valence-corrected chi connectivity index (χ1v) is 12.0. The largest absolute Gasteiger partial charge is 0.496 e. The molecule has 0 fully saturated rings. The lowest BCUT2D eigenvalue weighted by Crippen LogP contribution is -2.28. The third-order valence-corrected chi connectivity index (χ3v) is 6.19. The number of nitrogens with zero attached hydrogens (tertiary/aromatic N) is 2. The summed E-state index contributed by atoms with van der Waals surface area (Å²) in [6.45, 7) is 0.329. The van der Waals surface area contributed by atoms with Crippen LogP contribution in [0.2, 0.25) is 5.02 Å². The molecule has 0 atom stereocenters. The van der Waals surface area contributed by atoms with E-state index in [2.05, 4.69) is 0 Å². The molecular formula is C30H27ClN2O4. The lowest BCUT2D eigenvalue weighted by atomic mass is 10.1. The summed E-state index contributed by atoms with van der Waals surface area (Å²) in [4.78, 5) is 29.4. The SMILES string of the molecule is COc1cc(N(C)C(=O)c2ccccc2)ccc1C(=O)N(C)c1ccc(Cl)cc1OCc1ccccc1. The van der Waals surface area contributed by atoms with E-state index in [1.165, 1.54) is 16.9 Å². The highest BCUT2D eigenvalue weighted by Gasteiger charge is 2.23. The number of benzene rings is 4. The van der Waals surface area contributed by atoms with Crippen LogP contribution in [0.25, 0.3) is 0 Å². The molecule has 4 aromatic carbocycles. The van der Waals surface area contributed by atoms with Crippen molar-refractivity contribution in [1.82, 2.24) is 0 Å². The van der Waals surface area contributed by atoms with Crippen molar-refractivity contribution in [1.29, 1.82) is 0 Å². The maximum absolute atomic E-state index is 13.5. The van der Waals surface area contributed by atoms with Crippen LogP contribution in [0.4, 0.5) is 11.4 Å². The lowest BCUT2D eigenvalue weighted by Gasteiger charge is -2.23. The highest BCUT2D eigenvalue weighted by Crippen LogP contribution is 2.34. The molecule has 0 saturated carbocycles. The fraction of sp³-hybridized carbons (Fsp3) is 0.133. The molecule has 188 valence electrons. The van der Waals surface area contributed by atoms with Crippen molar-refractivity contribution in [2.24, 2.45) is 0 Å². The molecule has 0 aliphatic rings. The number of rotatable bonds is 8. The normalized spacial score (nSPS) is 10.5. The molecule has 0 bridgehead atoms. The van der Waals surface area contributed by atoms with Crippen LogP contribution in [0.3, 0.4) is 0 Å². The summed E-state index contributed by atoms with van der Waals surface area (Å²) in [5, 5.41) is 0.501. The van der Waals surface area contributed by atoms with Gasteiger partial charge in [-0.15, -0.1) is 0 Å². The second-order valence-electron chi connectivity index (χ2n) is 8.37. The second kappa shape index (κ2) is 11.6. The molecule has 0 heterocycles. The molecule has 2 amide bonds. The Balaban J connectivity index is 1.58. The number of carbonyl (C=O) groups excluding carboxylic acids is 2. The molecule has 0 saturated heterocycles. The first-order chi connectivity index (χ1) is 17.9. The Kier molecular flexibility index (Phi) is 8.11. The minimum atomic E-state index is -0.299. The van der Waals surface area contributed by atoms with Crippen molar-refractivity contribution >= 4 is 34.8 Å². The van der Waals surface area contributed by atoms with Crippen molar-refractivity contribution < 1.29 is 19.1 Å². The van der Waals surface area contributed by atoms with Gasteiger partial charge in [-0.2, -0.15) is 0 Å². The first kappa shape index (κ1) is 25.8. The Hall–Kier alpha value is -4.29. The maximum Gasteiger partial charge on any atom is 0.261 e. The van der Waals surface area contributed by atoms with E-state index >= 15 is 0 Å². The van der Waals surface area contributed by atoms with Crippen molar-refractivity contribution in [3.63, 3.8) is 0 Å². The summed E-state index contributed by atoms with van der Waals surface area (Å²) >= 11 is 6.23. The zero-order valence-corrected chi connectivity index (χ0v) is 21.6. The molecular weight excluding hydrogens is 488 g/mol. The van der Waals surface area contributed by atoms with E-state index in [1.54, 1.807) is 62.6 Å². The van der Waals surface area contributed by atoms with E-state index < -0.39 is 0 Å². The number of carbonyl (C=O) groups is 2. The van der Waals surface area contributed by atoms with Crippen LogP contribution in [0.5, 0.6) is 11.5 Å². The number of hydrogen-bond donors (Lipinski definition) is 0. The van der Waals surface area contributed by atoms with Crippen LogP contribution in [0.1, 0.15) is 26.3 Å². The molecule has 0 aliphatic heterocycles. The van der Waals surface area contributed by atoms with Crippen molar-refractivity contribution in [2.75, 3.05) is 31.0 Å². The fourth-order valence-electron chi connectivity index (χ4n) is 3.86. The van der Waals surface area contributed by atoms with Crippen molar-refractivity contribution in [2.45, 2.75) is 6.61 Å². The third-order valence-electron chi connectivity index (χ3n) is 5.95. The molecule has 0 aromatic heterocycles. The van der Waals surface area contributed by atoms with Crippen molar-refractivity contribution in [3.8, 4) is 11.5 Å². The Morgan fingerprint density at radius 1 is 0.757 bits per heavy atom. The minimum Gasteiger partial charge on any atom is -0.496 e. The highest BCUT2D eigenvalue weighted by molar-refractivity contribution is 6.30. The van der Waals surface area contributed by atoms with Gasteiger partial charge < -0.3 is 19.3 Å².